The van der Waals surface area contributed by atoms with E-state index in [0.29, 0.717) is 0 Å². The van der Waals surface area contributed by atoms with Crippen LogP contribution in [-0.2, 0) is 0 Å². The molecule has 1 saturated heterocycles. The highest BCUT2D eigenvalue weighted by Gasteiger charge is 2.22. The second-order valence-electron chi connectivity index (χ2n) is 4.01. The molecule has 1 heterocycles. The molecule has 0 aliphatic carbocycles. The lowest BCUT2D eigenvalue weighted by Gasteiger charge is -2.34. The lowest BCUT2D eigenvalue weighted by Crippen LogP contribution is -2.46. The molecule has 1 aliphatic heterocycles. The molecule has 0 unspecified atom stereocenters. The van der Waals surface area contributed by atoms with Crippen LogP contribution in [0.25, 0.3) is 0 Å². The number of nitrogens with zero attached hydrogens (tertiary/aromatic N) is 1. The van der Waals surface area contributed by atoms with Crippen molar-refractivity contribution >= 4 is 28.3 Å². The van der Waals surface area contributed by atoms with E-state index < -0.39 is 0 Å². The van der Waals surface area contributed by atoms with Crippen molar-refractivity contribution in [2.24, 2.45) is 0 Å². The maximum Gasteiger partial charge on any atom is 0.0629 e. The number of nitrogens with one attached hydrogen (secondary N) is 1. The largest absolute Gasteiger partial charge is 0.394 e. The van der Waals surface area contributed by atoms with E-state index in [1.807, 2.05) is 18.2 Å². The number of hydrogen-bond donors (Lipinski definition) is 2. The predicted octanol–water partition coefficient (Wildman–Crippen LogP) is 1.81. The van der Waals surface area contributed by atoms with Crippen LogP contribution in [-0.4, -0.2) is 42.8 Å². The quantitative estimate of drug-likeness (QED) is 0.891. The molecule has 1 aromatic carbocycles. The van der Waals surface area contributed by atoms with Crippen molar-refractivity contribution < 1.29 is 5.11 Å². The highest BCUT2D eigenvalue weighted by atomic mass is 79.9. The Kier molecular flexibility index (Phi) is 6.44. The molecule has 0 radical (unpaired) electrons. The summed E-state index contributed by atoms with van der Waals surface area (Å²) in [6, 6.07) is 8.23. The summed E-state index contributed by atoms with van der Waals surface area (Å²) in [6.07, 6.45) is 0. The molecular formula is C12H18BrClN2O. The second-order valence-corrected chi connectivity index (χ2v) is 4.86. The third kappa shape index (κ3) is 3.66. The van der Waals surface area contributed by atoms with Crippen molar-refractivity contribution in [1.29, 1.82) is 0 Å². The zero-order valence-electron chi connectivity index (χ0n) is 9.60. The minimum atomic E-state index is 0. The fraction of sp³-hybridized carbons (Fsp3) is 0.500. The van der Waals surface area contributed by atoms with Crippen LogP contribution in [0.15, 0.2) is 28.7 Å². The smallest absolute Gasteiger partial charge is 0.0629 e. The molecule has 2 rings (SSSR count). The first-order valence-corrected chi connectivity index (χ1v) is 6.42. The van der Waals surface area contributed by atoms with Crippen molar-refractivity contribution in [2.75, 3.05) is 32.8 Å². The molecule has 1 aromatic rings. The number of piperazine rings is 1. The third-order valence-electron chi connectivity index (χ3n) is 3.03. The molecule has 2 N–H and O–H groups in total. The van der Waals surface area contributed by atoms with E-state index in [9.17, 15) is 5.11 Å². The predicted molar refractivity (Wildman–Crippen MR) is 75.7 cm³/mol. The fourth-order valence-electron chi connectivity index (χ4n) is 2.15. The van der Waals surface area contributed by atoms with Crippen LogP contribution in [0.3, 0.4) is 0 Å². The van der Waals surface area contributed by atoms with Gasteiger partial charge in [-0.2, -0.15) is 0 Å². The first-order valence-electron chi connectivity index (χ1n) is 5.63. The van der Waals surface area contributed by atoms with Crippen molar-refractivity contribution in [2.45, 2.75) is 6.04 Å². The third-order valence-corrected chi connectivity index (χ3v) is 3.75. The zero-order chi connectivity index (χ0) is 11.4. The minimum absolute atomic E-state index is 0. The van der Waals surface area contributed by atoms with Crippen LogP contribution in [0.4, 0.5) is 0 Å². The number of benzene rings is 1. The molecule has 17 heavy (non-hydrogen) atoms. The molecule has 1 aliphatic rings. The van der Waals surface area contributed by atoms with Crippen LogP contribution in [0.2, 0.25) is 0 Å². The summed E-state index contributed by atoms with van der Waals surface area (Å²) < 4.78 is 1.08. The number of halogens is 2. The minimum Gasteiger partial charge on any atom is -0.394 e. The highest BCUT2D eigenvalue weighted by Crippen LogP contribution is 2.27. The molecule has 1 fully saturated rings. The van der Waals surface area contributed by atoms with Crippen LogP contribution in [0, 0.1) is 0 Å². The summed E-state index contributed by atoms with van der Waals surface area (Å²) in [5.41, 5.74) is 1.17. The Balaban J connectivity index is 0.00000144. The maximum absolute atomic E-state index is 9.57. The maximum atomic E-state index is 9.57. The number of hydrogen-bond acceptors (Lipinski definition) is 3. The fourth-order valence-corrected chi connectivity index (χ4v) is 2.70. The van der Waals surface area contributed by atoms with Gasteiger partial charge in [0.1, 0.15) is 0 Å². The monoisotopic (exact) mass is 320 g/mol. The van der Waals surface area contributed by atoms with Crippen molar-refractivity contribution in [3.05, 3.63) is 34.3 Å². The first kappa shape index (κ1) is 14.9. The van der Waals surface area contributed by atoms with E-state index in [2.05, 4.69) is 32.2 Å². The SMILES string of the molecule is Cl.OC[C@@H](c1ccccc1Br)N1CCNCC1. The Morgan fingerprint density at radius 2 is 1.94 bits per heavy atom. The average Bonchev–Trinajstić information content (AvgIpc) is 2.34. The van der Waals surface area contributed by atoms with Gasteiger partial charge >= 0.3 is 0 Å². The standard InChI is InChI=1S/C12H17BrN2O.ClH/c13-11-4-2-1-3-10(11)12(9-16)15-7-5-14-6-8-15;/h1-4,12,14,16H,5-9H2;1H/t12-;/m0./s1. The average molecular weight is 322 g/mol. The van der Waals surface area contributed by atoms with Crippen LogP contribution in [0.5, 0.6) is 0 Å². The number of rotatable bonds is 3. The lowest BCUT2D eigenvalue weighted by molar-refractivity contribution is 0.110. The van der Waals surface area contributed by atoms with Crippen molar-refractivity contribution in [3.63, 3.8) is 0 Å². The summed E-state index contributed by atoms with van der Waals surface area (Å²) in [7, 11) is 0. The molecule has 0 bridgehead atoms. The van der Waals surface area contributed by atoms with Gasteiger partial charge in [0.2, 0.25) is 0 Å². The van der Waals surface area contributed by atoms with E-state index in [-0.39, 0.29) is 25.1 Å². The molecule has 3 nitrogen and oxygen atoms in total. The molecule has 1 atom stereocenters. The van der Waals surface area contributed by atoms with E-state index in [1.165, 1.54) is 5.56 Å². The molecular weight excluding hydrogens is 304 g/mol. The summed E-state index contributed by atoms with van der Waals surface area (Å²) in [5, 5.41) is 12.9. The normalized spacial score (nSPS) is 18.5. The van der Waals surface area contributed by atoms with E-state index in [1.54, 1.807) is 0 Å². The van der Waals surface area contributed by atoms with E-state index in [0.717, 1.165) is 30.7 Å². The van der Waals surface area contributed by atoms with Gasteiger partial charge < -0.3 is 10.4 Å². The first-order chi connectivity index (χ1) is 7.83. The Bertz CT molecular complexity index is 345. The Labute approximate surface area is 117 Å². The number of aliphatic hydroxyl groups is 1. The van der Waals surface area contributed by atoms with Gasteiger partial charge in [0, 0.05) is 30.7 Å². The summed E-state index contributed by atoms with van der Waals surface area (Å²) >= 11 is 3.55. The molecule has 96 valence electrons. The van der Waals surface area contributed by atoms with Gasteiger partial charge in [-0.1, -0.05) is 34.1 Å². The van der Waals surface area contributed by atoms with E-state index in [4.69, 9.17) is 0 Å². The Morgan fingerprint density at radius 3 is 2.53 bits per heavy atom. The van der Waals surface area contributed by atoms with Crippen LogP contribution >= 0.6 is 28.3 Å². The molecule has 5 heteroatoms. The van der Waals surface area contributed by atoms with Gasteiger partial charge in [-0.15, -0.1) is 12.4 Å². The summed E-state index contributed by atoms with van der Waals surface area (Å²) in [4.78, 5) is 2.33. The molecule has 0 aromatic heterocycles. The second kappa shape index (κ2) is 7.34. The van der Waals surface area contributed by atoms with Crippen molar-refractivity contribution in [1.82, 2.24) is 10.2 Å². The Morgan fingerprint density at radius 1 is 1.29 bits per heavy atom. The topological polar surface area (TPSA) is 35.5 Å². The van der Waals surface area contributed by atoms with Gasteiger partial charge in [0.05, 0.1) is 12.6 Å². The molecule has 0 spiro atoms. The highest BCUT2D eigenvalue weighted by molar-refractivity contribution is 9.10. The van der Waals surface area contributed by atoms with Gasteiger partial charge in [-0.25, -0.2) is 0 Å². The molecule has 0 amide bonds. The molecule has 0 saturated carbocycles. The Hall–Kier alpha value is -0.130. The van der Waals surface area contributed by atoms with Crippen LogP contribution < -0.4 is 5.32 Å². The van der Waals surface area contributed by atoms with Gasteiger partial charge in [-0.3, -0.25) is 4.90 Å². The van der Waals surface area contributed by atoms with Gasteiger partial charge in [0.15, 0.2) is 0 Å². The van der Waals surface area contributed by atoms with Crippen molar-refractivity contribution in [3.8, 4) is 0 Å². The number of aliphatic hydroxyl groups excluding tert-OH is 1. The summed E-state index contributed by atoms with van der Waals surface area (Å²) in [5.74, 6) is 0. The van der Waals surface area contributed by atoms with Crippen LogP contribution in [0.1, 0.15) is 11.6 Å². The van der Waals surface area contributed by atoms with Gasteiger partial charge in [0.25, 0.3) is 0 Å². The van der Waals surface area contributed by atoms with Gasteiger partial charge in [-0.05, 0) is 11.6 Å². The lowest BCUT2D eigenvalue weighted by atomic mass is 10.1. The van der Waals surface area contributed by atoms with E-state index >= 15 is 0 Å². The summed E-state index contributed by atoms with van der Waals surface area (Å²) in [6.45, 7) is 4.16. The zero-order valence-corrected chi connectivity index (χ0v) is 12.0.